The van der Waals surface area contributed by atoms with E-state index in [1.165, 1.54) is 11.4 Å². The zero-order valence-electron chi connectivity index (χ0n) is 23.5. The lowest BCUT2D eigenvalue weighted by molar-refractivity contribution is -0.137. The highest BCUT2D eigenvalue weighted by Gasteiger charge is 2.31. The highest BCUT2D eigenvalue weighted by atomic mass is 32.2. The molecule has 1 amide bonds. The van der Waals surface area contributed by atoms with Crippen LogP contribution in [-0.4, -0.2) is 119 Å². The number of piperazine rings is 1. The highest BCUT2D eigenvalue weighted by Crippen LogP contribution is 2.28. The molecule has 10 heteroatoms. The molecule has 0 radical (unpaired) electrons. The molecule has 1 aromatic carbocycles. The Balaban J connectivity index is 1.41. The van der Waals surface area contributed by atoms with E-state index in [9.17, 15) is 13.2 Å². The van der Waals surface area contributed by atoms with E-state index >= 15 is 0 Å². The fourth-order valence-electron chi connectivity index (χ4n) is 5.62. The number of carbonyl (C=O) groups excluding carboxylic acids is 1. The molecule has 1 heterocycles. The van der Waals surface area contributed by atoms with Crippen LogP contribution in [0.3, 0.4) is 0 Å². The number of hydrogen-bond acceptors (Lipinski definition) is 7. The maximum Gasteiger partial charge on any atom is 0.248 e. The number of hydrogen-bond donors (Lipinski definition) is 0. The Labute approximate surface area is 223 Å². The van der Waals surface area contributed by atoms with Crippen molar-refractivity contribution in [3.8, 4) is 5.75 Å². The Hall–Kier alpha value is -1.72. The summed E-state index contributed by atoms with van der Waals surface area (Å²) >= 11 is 0. The predicted molar refractivity (Wildman–Crippen MR) is 146 cm³/mol. The number of sulfonamides is 1. The molecule has 2 fully saturated rings. The summed E-state index contributed by atoms with van der Waals surface area (Å²) in [5.74, 6) is 0.582. The second-order valence-corrected chi connectivity index (χ2v) is 12.4. The number of ether oxygens (including phenoxy) is 2. The zero-order valence-corrected chi connectivity index (χ0v) is 24.3. The molecule has 1 saturated heterocycles. The molecule has 0 unspecified atom stereocenters. The molecule has 3 rings (SSSR count). The largest absolute Gasteiger partial charge is 0.497 e. The molecular formula is C27H46N4O5S. The fourth-order valence-corrected chi connectivity index (χ4v) is 7.18. The van der Waals surface area contributed by atoms with Crippen molar-refractivity contribution in [2.75, 3.05) is 73.7 Å². The third-order valence-corrected chi connectivity index (χ3v) is 10.3. The summed E-state index contributed by atoms with van der Waals surface area (Å²) in [7, 11) is 1.28. The minimum absolute atomic E-state index is 0.0378. The fraction of sp³-hybridized carbons (Fsp3) is 0.741. The monoisotopic (exact) mass is 538 g/mol. The molecule has 1 aromatic rings. The van der Waals surface area contributed by atoms with Crippen molar-refractivity contribution < 1.29 is 22.7 Å². The van der Waals surface area contributed by atoms with Crippen LogP contribution >= 0.6 is 0 Å². The molecule has 0 N–H and O–H groups in total. The molecule has 0 bridgehead atoms. The molecule has 1 saturated carbocycles. The topological polar surface area (TPSA) is 82.6 Å². The second kappa shape index (κ2) is 13.4. The quantitative estimate of drug-likeness (QED) is 0.400. The maximum absolute atomic E-state index is 13.1. The zero-order chi connectivity index (χ0) is 27.2. The van der Waals surface area contributed by atoms with Gasteiger partial charge in [-0.3, -0.25) is 9.69 Å². The van der Waals surface area contributed by atoms with Crippen LogP contribution in [0.5, 0.6) is 5.75 Å². The van der Waals surface area contributed by atoms with E-state index in [-0.39, 0.29) is 36.6 Å². The van der Waals surface area contributed by atoms with E-state index in [0.29, 0.717) is 22.9 Å². The van der Waals surface area contributed by atoms with E-state index in [1.807, 2.05) is 11.9 Å². The first-order chi connectivity index (χ1) is 17.6. The standard InChI is InChI=1S/C27H46N4O5S/c1-7-30-12-14-31(15-13-30)24-10-8-23(9-11-24)29(5)26(32)20-36-17-16-28(4)37(33,34)27-21(2)18-25(35-6)19-22(27)3/h18-19,23-24H,7-17,20H2,1-6H3. The van der Waals surface area contributed by atoms with Gasteiger partial charge in [-0.1, -0.05) is 6.92 Å². The van der Waals surface area contributed by atoms with E-state index in [2.05, 4.69) is 16.7 Å². The Morgan fingerprint density at radius 1 is 1.03 bits per heavy atom. The molecule has 210 valence electrons. The third kappa shape index (κ3) is 7.44. The van der Waals surface area contributed by atoms with E-state index in [4.69, 9.17) is 9.47 Å². The van der Waals surface area contributed by atoms with Crippen LogP contribution in [0.2, 0.25) is 0 Å². The van der Waals surface area contributed by atoms with Gasteiger partial charge in [-0.25, -0.2) is 8.42 Å². The summed E-state index contributed by atoms with van der Waals surface area (Å²) in [6, 6.07) is 4.32. The smallest absolute Gasteiger partial charge is 0.248 e. The number of methoxy groups -OCH3 is 1. The van der Waals surface area contributed by atoms with Crippen LogP contribution in [0, 0.1) is 13.8 Å². The maximum atomic E-state index is 13.1. The summed E-state index contributed by atoms with van der Waals surface area (Å²) in [6.07, 6.45) is 4.29. The lowest BCUT2D eigenvalue weighted by Gasteiger charge is -2.43. The van der Waals surface area contributed by atoms with Crippen molar-refractivity contribution >= 4 is 15.9 Å². The minimum atomic E-state index is -3.68. The molecular weight excluding hydrogens is 492 g/mol. The average Bonchev–Trinajstić information content (AvgIpc) is 2.89. The van der Waals surface area contributed by atoms with Gasteiger partial charge in [-0.2, -0.15) is 4.31 Å². The first-order valence-electron chi connectivity index (χ1n) is 13.5. The Kier molecular flexibility index (Phi) is 10.8. The van der Waals surface area contributed by atoms with Crippen molar-refractivity contribution in [2.45, 2.75) is 63.4 Å². The SMILES string of the molecule is CCN1CCN(C2CCC(N(C)C(=O)COCCN(C)S(=O)(=O)c3c(C)cc(OC)cc3C)CC2)CC1. The Bertz CT molecular complexity index is 979. The molecule has 9 nitrogen and oxygen atoms in total. The van der Waals surface area contributed by atoms with E-state index in [1.54, 1.807) is 33.1 Å². The van der Waals surface area contributed by atoms with Crippen LogP contribution in [0.25, 0.3) is 0 Å². The van der Waals surface area contributed by atoms with Crippen molar-refractivity contribution in [3.05, 3.63) is 23.3 Å². The van der Waals surface area contributed by atoms with E-state index < -0.39 is 10.0 Å². The van der Waals surface area contributed by atoms with Gasteiger partial charge in [0.2, 0.25) is 15.9 Å². The number of benzene rings is 1. The molecule has 0 aromatic heterocycles. The first-order valence-corrected chi connectivity index (χ1v) is 14.9. The Morgan fingerprint density at radius 2 is 1.62 bits per heavy atom. The van der Waals surface area contributed by atoms with Crippen molar-refractivity contribution in [2.24, 2.45) is 0 Å². The number of rotatable bonds is 11. The van der Waals surface area contributed by atoms with Gasteiger partial charge in [0.05, 0.1) is 18.6 Å². The van der Waals surface area contributed by atoms with Gasteiger partial charge < -0.3 is 19.3 Å². The van der Waals surface area contributed by atoms with Gasteiger partial charge in [0.1, 0.15) is 12.4 Å². The predicted octanol–water partition coefficient (Wildman–Crippen LogP) is 2.36. The van der Waals surface area contributed by atoms with Gasteiger partial charge >= 0.3 is 0 Å². The average molecular weight is 539 g/mol. The van der Waals surface area contributed by atoms with E-state index in [0.717, 1.165) is 58.4 Å². The molecule has 1 aliphatic carbocycles. The molecule has 2 aliphatic rings. The normalized spacial score (nSPS) is 21.8. The number of aryl methyl sites for hydroxylation is 2. The number of amides is 1. The highest BCUT2D eigenvalue weighted by molar-refractivity contribution is 7.89. The van der Waals surface area contributed by atoms with Gasteiger partial charge in [0, 0.05) is 58.9 Å². The third-order valence-electron chi connectivity index (χ3n) is 8.09. The summed E-state index contributed by atoms with van der Waals surface area (Å²) in [5, 5.41) is 0. The molecule has 0 atom stereocenters. The van der Waals surface area contributed by atoms with Crippen molar-refractivity contribution in [3.63, 3.8) is 0 Å². The summed E-state index contributed by atoms with van der Waals surface area (Å²) in [4.78, 5) is 20.0. The number of likely N-dealkylation sites (N-methyl/N-ethyl adjacent to an activating group) is 3. The second-order valence-electron chi connectivity index (χ2n) is 10.4. The van der Waals surface area contributed by atoms with Crippen LogP contribution in [0.4, 0.5) is 0 Å². The summed E-state index contributed by atoms with van der Waals surface area (Å²) < 4.78 is 38.4. The van der Waals surface area contributed by atoms with Crippen LogP contribution in [0.1, 0.15) is 43.7 Å². The molecule has 0 spiro atoms. The molecule has 1 aliphatic heterocycles. The molecule has 37 heavy (non-hydrogen) atoms. The van der Waals surface area contributed by atoms with Crippen LogP contribution in [0.15, 0.2) is 17.0 Å². The lowest BCUT2D eigenvalue weighted by atomic mass is 9.89. The van der Waals surface area contributed by atoms with Crippen LogP contribution < -0.4 is 4.74 Å². The Morgan fingerprint density at radius 3 is 2.16 bits per heavy atom. The number of nitrogens with zero attached hydrogens (tertiary/aromatic N) is 4. The van der Waals surface area contributed by atoms with Gasteiger partial charge in [-0.05, 0) is 69.3 Å². The first kappa shape index (κ1) is 29.8. The lowest BCUT2D eigenvalue weighted by Crippen LogP contribution is -2.52. The summed E-state index contributed by atoms with van der Waals surface area (Å²) in [5.41, 5.74) is 1.28. The van der Waals surface area contributed by atoms with Gasteiger partial charge in [-0.15, -0.1) is 0 Å². The minimum Gasteiger partial charge on any atom is -0.497 e. The van der Waals surface area contributed by atoms with Gasteiger partial charge in [0.15, 0.2) is 0 Å². The summed E-state index contributed by atoms with van der Waals surface area (Å²) in [6.45, 7) is 11.8. The van der Waals surface area contributed by atoms with Crippen molar-refractivity contribution in [1.82, 2.24) is 19.0 Å². The van der Waals surface area contributed by atoms with Gasteiger partial charge in [0.25, 0.3) is 0 Å². The number of carbonyl (C=O) groups is 1. The van der Waals surface area contributed by atoms with Crippen molar-refractivity contribution in [1.29, 1.82) is 0 Å². The van der Waals surface area contributed by atoms with Crippen LogP contribution in [-0.2, 0) is 19.6 Å².